The zero-order valence-corrected chi connectivity index (χ0v) is 13.7. The lowest BCUT2D eigenvalue weighted by Gasteiger charge is -2.38. The first-order valence-corrected chi connectivity index (χ1v) is 9.72. The fourth-order valence-corrected chi connectivity index (χ4v) is 6.17. The van der Waals surface area contributed by atoms with E-state index in [1.54, 1.807) is 0 Å². The van der Waals surface area contributed by atoms with Crippen LogP contribution in [0.25, 0.3) is 0 Å². The van der Waals surface area contributed by atoms with Crippen LogP contribution in [0.5, 0.6) is 0 Å². The largest absolute Gasteiger partial charge is 0.374 e. The van der Waals surface area contributed by atoms with Crippen molar-refractivity contribution >= 4 is 21.8 Å². The first-order chi connectivity index (χ1) is 8.70. The van der Waals surface area contributed by atoms with Crippen molar-refractivity contribution in [1.29, 1.82) is 0 Å². The van der Waals surface area contributed by atoms with Gasteiger partial charge in [0.05, 0.1) is 11.4 Å². The van der Waals surface area contributed by atoms with Gasteiger partial charge in [-0.3, -0.25) is 0 Å². The van der Waals surface area contributed by atoms with Crippen LogP contribution in [0.15, 0.2) is 0 Å². The predicted octanol–water partition coefficient (Wildman–Crippen LogP) is 2.01. The average molecular weight is 307 g/mol. The van der Waals surface area contributed by atoms with E-state index in [4.69, 9.17) is 4.74 Å². The van der Waals surface area contributed by atoms with Gasteiger partial charge < -0.3 is 4.74 Å². The zero-order chi connectivity index (χ0) is 14.1. The number of rotatable bonds is 3. The Bertz CT molecular complexity index is 408. The van der Waals surface area contributed by atoms with Crippen molar-refractivity contribution in [3.63, 3.8) is 0 Å². The van der Waals surface area contributed by atoms with Crippen LogP contribution in [0, 0.1) is 5.41 Å². The third-order valence-electron chi connectivity index (χ3n) is 3.53. The van der Waals surface area contributed by atoms with E-state index in [1.807, 2.05) is 32.5 Å². The Labute approximate surface area is 121 Å². The van der Waals surface area contributed by atoms with Gasteiger partial charge in [-0.25, -0.2) is 13.1 Å². The average Bonchev–Trinajstić information content (AvgIpc) is 2.61. The van der Waals surface area contributed by atoms with Crippen LogP contribution in [0.4, 0.5) is 0 Å². The molecule has 4 nitrogen and oxygen atoms in total. The standard InChI is InChI=1S/C13H25NO3S2/c1-12(2,3)10-19(15,16)14-11-4-6-17-13(8-11)5-7-18-9-13/h11,14H,4-10H2,1-3H3/t11-,13+/m0/s1. The SMILES string of the molecule is CC(C)(C)CS(=O)(=O)N[C@H]1CCO[C@]2(CCSC2)C1. The fourth-order valence-electron chi connectivity index (χ4n) is 2.86. The first-order valence-electron chi connectivity index (χ1n) is 6.92. The fraction of sp³-hybridized carbons (Fsp3) is 1.00. The summed E-state index contributed by atoms with van der Waals surface area (Å²) in [5, 5.41) is 0. The number of nitrogens with one attached hydrogen (secondary N) is 1. The minimum atomic E-state index is -3.20. The Balaban J connectivity index is 1.95. The Morgan fingerprint density at radius 1 is 1.42 bits per heavy atom. The summed E-state index contributed by atoms with van der Waals surface area (Å²) in [7, 11) is -3.20. The number of hydrogen-bond donors (Lipinski definition) is 1. The molecule has 2 aliphatic heterocycles. The normalized spacial score (nSPS) is 32.9. The van der Waals surface area contributed by atoms with Crippen LogP contribution in [-0.2, 0) is 14.8 Å². The monoisotopic (exact) mass is 307 g/mol. The van der Waals surface area contributed by atoms with Gasteiger partial charge in [0.15, 0.2) is 0 Å². The molecule has 2 saturated heterocycles. The van der Waals surface area contributed by atoms with Gasteiger partial charge in [-0.2, -0.15) is 11.8 Å². The minimum absolute atomic E-state index is 0.0415. The van der Waals surface area contributed by atoms with Crippen molar-refractivity contribution in [3.05, 3.63) is 0 Å². The molecular formula is C13H25NO3S2. The third-order valence-corrected chi connectivity index (χ3v) is 6.69. The summed E-state index contributed by atoms with van der Waals surface area (Å²) in [5.41, 5.74) is -0.282. The highest BCUT2D eigenvalue weighted by Crippen LogP contribution is 2.38. The molecule has 0 aromatic carbocycles. The number of ether oxygens (including phenoxy) is 1. The summed E-state index contributed by atoms with van der Waals surface area (Å²) in [6, 6.07) is 0.0415. The predicted molar refractivity (Wildman–Crippen MR) is 80.0 cm³/mol. The van der Waals surface area contributed by atoms with Crippen LogP contribution in [0.1, 0.15) is 40.0 Å². The highest BCUT2D eigenvalue weighted by atomic mass is 32.2. The maximum atomic E-state index is 12.2. The minimum Gasteiger partial charge on any atom is -0.374 e. The van der Waals surface area contributed by atoms with Gasteiger partial charge in [0.1, 0.15) is 0 Å². The maximum Gasteiger partial charge on any atom is 0.212 e. The lowest BCUT2D eigenvalue weighted by Crippen LogP contribution is -2.49. The molecule has 0 radical (unpaired) electrons. The van der Waals surface area contributed by atoms with E-state index >= 15 is 0 Å². The Hall–Kier alpha value is 0.220. The topological polar surface area (TPSA) is 55.4 Å². The maximum absolute atomic E-state index is 12.2. The zero-order valence-electron chi connectivity index (χ0n) is 12.1. The molecule has 2 atom stereocenters. The molecule has 2 heterocycles. The molecule has 1 spiro atoms. The van der Waals surface area contributed by atoms with E-state index in [1.165, 1.54) is 0 Å². The first kappa shape index (κ1) is 15.6. The van der Waals surface area contributed by atoms with Gasteiger partial charge in [0.2, 0.25) is 10.0 Å². The number of hydrogen-bond acceptors (Lipinski definition) is 4. The molecule has 6 heteroatoms. The molecule has 112 valence electrons. The lowest BCUT2D eigenvalue weighted by atomic mass is 9.90. The highest BCUT2D eigenvalue weighted by Gasteiger charge is 2.41. The van der Waals surface area contributed by atoms with Gasteiger partial charge in [-0.1, -0.05) is 20.8 Å². The summed E-state index contributed by atoms with van der Waals surface area (Å²) in [6.07, 6.45) is 2.66. The van der Waals surface area contributed by atoms with Crippen molar-refractivity contribution in [2.45, 2.75) is 51.7 Å². The van der Waals surface area contributed by atoms with Crippen molar-refractivity contribution in [1.82, 2.24) is 4.72 Å². The molecule has 0 aromatic heterocycles. The Morgan fingerprint density at radius 2 is 2.16 bits per heavy atom. The second kappa shape index (κ2) is 5.54. The van der Waals surface area contributed by atoms with Gasteiger partial charge in [0.25, 0.3) is 0 Å². The van der Waals surface area contributed by atoms with Crippen LogP contribution in [-0.4, -0.2) is 43.9 Å². The molecule has 1 N–H and O–H groups in total. The molecule has 19 heavy (non-hydrogen) atoms. The molecule has 2 fully saturated rings. The second-order valence-corrected chi connectivity index (χ2v) is 9.82. The second-order valence-electron chi connectivity index (χ2n) is 6.96. The lowest BCUT2D eigenvalue weighted by molar-refractivity contribution is -0.0673. The molecule has 0 amide bonds. The molecule has 0 unspecified atom stereocenters. The number of sulfonamides is 1. The van der Waals surface area contributed by atoms with Crippen LogP contribution < -0.4 is 4.72 Å². The molecular weight excluding hydrogens is 282 g/mol. The van der Waals surface area contributed by atoms with Gasteiger partial charge in [-0.15, -0.1) is 0 Å². The van der Waals surface area contributed by atoms with Crippen LogP contribution in [0.3, 0.4) is 0 Å². The van der Waals surface area contributed by atoms with E-state index in [2.05, 4.69) is 4.72 Å². The molecule has 2 aliphatic rings. The van der Waals surface area contributed by atoms with E-state index in [0.717, 1.165) is 30.8 Å². The molecule has 2 rings (SSSR count). The summed E-state index contributed by atoms with van der Waals surface area (Å²) in [4.78, 5) is 0. The van der Waals surface area contributed by atoms with Crippen molar-refractivity contribution in [2.24, 2.45) is 5.41 Å². The quantitative estimate of drug-likeness (QED) is 0.866. The van der Waals surface area contributed by atoms with Gasteiger partial charge >= 0.3 is 0 Å². The van der Waals surface area contributed by atoms with Crippen LogP contribution >= 0.6 is 11.8 Å². The number of thioether (sulfide) groups is 1. The van der Waals surface area contributed by atoms with Crippen LogP contribution in [0.2, 0.25) is 0 Å². The van der Waals surface area contributed by atoms with Crippen molar-refractivity contribution in [3.8, 4) is 0 Å². The molecule has 0 bridgehead atoms. The van der Waals surface area contributed by atoms with Gasteiger partial charge in [-0.05, 0) is 30.4 Å². The Kier molecular flexibility index (Phi) is 4.55. The van der Waals surface area contributed by atoms with Crippen molar-refractivity contribution in [2.75, 3.05) is 23.9 Å². The Morgan fingerprint density at radius 3 is 2.74 bits per heavy atom. The highest BCUT2D eigenvalue weighted by molar-refractivity contribution is 7.99. The molecule has 0 aliphatic carbocycles. The summed E-state index contributed by atoms with van der Waals surface area (Å²) in [6.45, 7) is 6.52. The third kappa shape index (κ3) is 4.62. The van der Waals surface area contributed by atoms with E-state index < -0.39 is 10.0 Å². The van der Waals surface area contributed by atoms with E-state index in [9.17, 15) is 8.42 Å². The molecule has 0 aromatic rings. The van der Waals surface area contributed by atoms with E-state index in [-0.39, 0.29) is 22.8 Å². The summed E-state index contributed by atoms with van der Waals surface area (Å²) >= 11 is 1.91. The smallest absolute Gasteiger partial charge is 0.212 e. The molecule has 0 saturated carbocycles. The van der Waals surface area contributed by atoms with E-state index in [0.29, 0.717) is 6.61 Å². The van der Waals surface area contributed by atoms with Crippen molar-refractivity contribution < 1.29 is 13.2 Å². The summed E-state index contributed by atoms with van der Waals surface area (Å²) in [5.74, 6) is 2.31. The summed E-state index contributed by atoms with van der Waals surface area (Å²) < 4.78 is 33.1. The van der Waals surface area contributed by atoms with Gasteiger partial charge in [0, 0.05) is 18.4 Å².